The Morgan fingerprint density at radius 1 is 1.35 bits per heavy atom. The Hall–Kier alpha value is -1.39. The number of hydrogen-bond donors (Lipinski definition) is 1. The van der Waals surface area contributed by atoms with Crippen molar-refractivity contribution in [3.05, 3.63) is 23.8 Å². The van der Waals surface area contributed by atoms with Crippen molar-refractivity contribution in [3.8, 4) is 0 Å². The lowest BCUT2D eigenvalue weighted by Gasteiger charge is -2.27. The molecule has 0 aromatic heterocycles. The Labute approximate surface area is 98.2 Å². The molecule has 2 N–H and O–H groups in total. The van der Waals surface area contributed by atoms with Crippen LogP contribution >= 0.6 is 0 Å². The van der Waals surface area contributed by atoms with Crippen molar-refractivity contribution in [2.45, 2.75) is 32.0 Å². The molecule has 0 aliphatic heterocycles. The number of hydrogen-bond acceptors (Lipinski definition) is 2. The monoisotopic (exact) mass is 244 g/mol. The van der Waals surface area contributed by atoms with Crippen LogP contribution in [0, 0.1) is 6.92 Å². The van der Waals surface area contributed by atoms with E-state index in [4.69, 9.17) is 5.73 Å². The second-order valence-corrected chi connectivity index (χ2v) is 4.47. The summed E-state index contributed by atoms with van der Waals surface area (Å²) >= 11 is 0. The van der Waals surface area contributed by atoms with Crippen LogP contribution in [-0.2, 0) is 0 Å². The van der Waals surface area contributed by atoms with Gasteiger partial charge in [0.15, 0.2) is 0 Å². The maximum Gasteiger partial charge on any atom is 0.405 e. The molecule has 2 nitrogen and oxygen atoms in total. The van der Waals surface area contributed by atoms with Crippen LogP contribution in [0.4, 0.5) is 24.5 Å². The van der Waals surface area contributed by atoms with E-state index in [1.165, 1.54) is 4.90 Å². The van der Waals surface area contributed by atoms with Crippen molar-refractivity contribution in [2.75, 3.05) is 17.2 Å². The van der Waals surface area contributed by atoms with Crippen LogP contribution in [0.3, 0.4) is 0 Å². The van der Waals surface area contributed by atoms with Crippen LogP contribution in [0.5, 0.6) is 0 Å². The number of nitrogen functional groups attached to an aromatic ring is 1. The molecule has 94 valence electrons. The van der Waals surface area contributed by atoms with Crippen LogP contribution in [0.2, 0.25) is 0 Å². The summed E-state index contributed by atoms with van der Waals surface area (Å²) in [4.78, 5) is 1.42. The summed E-state index contributed by atoms with van der Waals surface area (Å²) in [5, 5.41) is 0. The fraction of sp³-hybridized carbons (Fsp3) is 0.500. The van der Waals surface area contributed by atoms with Gasteiger partial charge in [0, 0.05) is 17.4 Å². The summed E-state index contributed by atoms with van der Waals surface area (Å²) < 4.78 is 37.6. The minimum absolute atomic E-state index is 0.0112. The third-order valence-electron chi connectivity index (χ3n) is 2.99. The van der Waals surface area contributed by atoms with Gasteiger partial charge in [0.25, 0.3) is 0 Å². The van der Waals surface area contributed by atoms with E-state index in [0.717, 1.165) is 18.4 Å². The molecule has 0 heterocycles. The number of anilines is 2. The van der Waals surface area contributed by atoms with Gasteiger partial charge >= 0.3 is 6.18 Å². The molecule has 1 aliphatic carbocycles. The summed E-state index contributed by atoms with van der Waals surface area (Å²) in [6.07, 6.45) is -2.53. The summed E-state index contributed by atoms with van der Waals surface area (Å²) in [7, 11) is 0. The van der Waals surface area contributed by atoms with E-state index in [1.807, 2.05) is 0 Å². The van der Waals surface area contributed by atoms with E-state index in [-0.39, 0.29) is 6.04 Å². The van der Waals surface area contributed by atoms with E-state index < -0.39 is 12.7 Å². The standard InChI is InChI=1S/C12H15F3N2/c1-8-10(16)3-2-4-11(8)17(9-5-6-9)7-12(13,14)15/h2-4,9H,5-7,16H2,1H3. The van der Waals surface area contributed by atoms with Gasteiger partial charge in [-0.1, -0.05) is 6.07 Å². The molecule has 1 aliphatic rings. The lowest BCUT2D eigenvalue weighted by atomic mass is 10.1. The van der Waals surface area contributed by atoms with E-state index in [1.54, 1.807) is 25.1 Å². The number of alkyl halides is 3. The third kappa shape index (κ3) is 2.84. The number of benzene rings is 1. The number of halogens is 3. The lowest BCUT2D eigenvalue weighted by molar-refractivity contribution is -0.120. The van der Waals surface area contributed by atoms with Gasteiger partial charge in [-0.3, -0.25) is 0 Å². The molecule has 0 spiro atoms. The van der Waals surface area contributed by atoms with Crippen molar-refractivity contribution >= 4 is 11.4 Å². The molecule has 0 saturated heterocycles. The second-order valence-electron chi connectivity index (χ2n) is 4.47. The van der Waals surface area contributed by atoms with Gasteiger partial charge in [0.1, 0.15) is 6.54 Å². The summed E-state index contributed by atoms with van der Waals surface area (Å²) in [6.45, 7) is 0.860. The molecule has 1 saturated carbocycles. The zero-order chi connectivity index (χ0) is 12.6. The highest BCUT2D eigenvalue weighted by Crippen LogP contribution is 2.37. The third-order valence-corrected chi connectivity index (χ3v) is 2.99. The zero-order valence-corrected chi connectivity index (χ0v) is 9.59. The smallest absolute Gasteiger partial charge is 0.398 e. The zero-order valence-electron chi connectivity index (χ0n) is 9.59. The summed E-state index contributed by atoms with van der Waals surface area (Å²) in [5.74, 6) is 0. The SMILES string of the molecule is Cc1c(N)cccc1N(CC(F)(F)F)C1CC1. The normalized spacial score (nSPS) is 16.0. The first-order chi connectivity index (χ1) is 7.88. The second kappa shape index (κ2) is 4.13. The average Bonchev–Trinajstić information content (AvgIpc) is 3.01. The Bertz CT molecular complexity index is 411. The highest BCUT2D eigenvalue weighted by atomic mass is 19.4. The Morgan fingerprint density at radius 2 is 2.00 bits per heavy atom. The largest absolute Gasteiger partial charge is 0.405 e. The molecule has 0 amide bonds. The fourth-order valence-electron chi connectivity index (χ4n) is 1.94. The van der Waals surface area contributed by atoms with Crippen LogP contribution in [-0.4, -0.2) is 18.8 Å². The molecule has 1 fully saturated rings. The first kappa shape index (κ1) is 12.1. The highest BCUT2D eigenvalue weighted by molar-refractivity contribution is 5.65. The van der Waals surface area contributed by atoms with Gasteiger partial charge < -0.3 is 10.6 Å². The Balaban J connectivity index is 2.29. The highest BCUT2D eigenvalue weighted by Gasteiger charge is 2.38. The van der Waals surface area contributed by atoms with Gasteiger partial charge in [-0.2, -0.15) is 13.2 Å². The Morgan fingerprint density at radius 3 is 2.53 bits per heavy atom. The summed E-state index contributed by atoms with van der Waals surface area (Å²) in [5.41, 5.74) is 7.60. The number of nitrogens with zero attached hydrogens (tertiary/aromatic N) is 1. The molecule has 5 heteroatoms. The molecular formula is C12H15F3N2. The van der Waals surface area contributed by atoms with Gasteiger partial charge in [0.2, 0.25) is 0 Å². The minimum Gasteiger partial charge on any atom is -0.398 e. The molecule has 17 heavy (non-hydrogen) atoms. The maximum atomic E-state index is 12.5. The van der Waals surface area contributed by atoms with Crippen LogP contribution in [0.25, 0.3) is 0 Å². The van der Waals surface area contributed by atoms with Gasteiger partial charge in [-0.05, 0) is 37.5 Å². The van der Waals surface area contributed by atoms with E-state index in [2.05, 4.69) is 0 Å². The van der Waals surface area contributed by atoms with E-state index in [0.29, 0.717) is 11.4 Å². The molecule has 0 bridgehead atoms. The lowest BCUT2D eigenvalue weighted by Crippen LogP contribution is -2.36. The summed E-state index contributed by atoms with van der Waals surface area (Å²) in [6, 6.07) is 5.12. The van der Waals surface area contributed by atoms with Crippen LogP contribution < -0.4 is 10.6 Å². The van der Waals surface area contributed by atoms with Gasteiger partial charge in [-0.15, -0.1) is 0 Å². The number of nitrogens with two attached hydrogens (primary N) is 1. The average molecular weight is 244 g/mol. The molecule has 0 unspecified atom stereocenters. The van der Waals surface area contributed by atoms with Crippen LogP contribution in [0.15, 0.2) is 18.2 Å². The number of rotatable bonds is 3. The first-order valence-corrected chi connectivity index (χ1v) is 5.57. The van der Waals surface area contributed by atoms with Crippen molar-refractivity contribution in [1.82, 2.24) is 0 Å². The van der Waals surface area contributed by atoms with Crippen molar-refractivity contribution in [2.24, 2.45) is 0 Å². The quantitative estimate of drug-likeness (QED) is 0.828. The molecule has 1 aromatic carbocycles. The van der Waals surface area contributed by atoms with Crippen LogP contribution in [0.1, 0.15) is 18.4 Å². The molecular weight excluding hydrogens is 229 g/mol. The molecule has 0 radical (unpaired) electrons. The van der Waals surface area contributed by atoms with Crippen molar-refractivity contribution in [3.63, 3.8) is 0 Å². The van der Waals surface area contributed by atoms with E-state index >= 15 is 0 Å². The Kier molecular flexibility index (Phi) is 2.93. The van der Waals surface area contributed by atoms with Crippen molar-refractivity contribution in [1.29, 1.82) is 0 Å². The van der Waals surface area contributed by atoms with Gasteiger partial charge in [-0.25, -0.2) is 0 Å². The topological polar surface area (TPSA) is 29.3 Å². The van der Waals surface area contributed by atoms with Crippen molar-refractivity contribution < 1.29 is 13.2 Å². The molecule has 2 rings (SSSR count). The minimum atomic E-state index is -4.18. The fourth-order valence-corrected chi connectivity index (χ4v) is 1.94. The molecule has 1 aromatic rings. The van der Waals surface area contributed by atoms with Gasteiger partial charge in [0.05, 0.1) is 0 Å². The van der Waals surface area contributed by atoms with E-state index in [9.17, 15) is 13.2 Å². The predicted octanol–water partition coefficient (Wildman–Crippen LogP) is 3.11. The first-order valence-electron chi connectivity index (χ1n) is 5.57. The predicted molar refractivity (Wildman–Crippen MR) is 62.0 cm³/mol. The maximum absolute atomic E-state index is 12.5. The molecule has 0 atom stereocenters.